The van der Waals surface area contributed by atoms with E-state index in [0.717, 1.165) is 54.8 Å². The van der Waals surface area contributed by atoms with E-state index >= 15 is 0 Å². The van der Waals surface area contributed by atoms with Crippen molar-refractivity contribution in [1.82, 2.24) is 0 Å². The van der Waals surface area contributed by atoms with Crippen LogP contribution in [0.15, 0.2) is 203 Å². The summed E-state index contributed by atoms with van der Waals surface area (Å²) in [7, 11) is 0. The lowest BCUT2D eigenvalue weighted by molar-refractivity contribution is 0.664. The molecule has 0 aliphatic rings. The van der Waals surface area contributed by atoms with Crippen LogP contribution in [-0.2, 0) is 0 Å². The molecular weight excluding hydrogens is 705 g/mol. The Bertz CT molecular complexity index is 3800. The Kier molecular flexibility index (Phi) is 6.47. The van der Waals surface area contributed by atoms with Crippen LogP contribution in [0, 0.1) is 0 Å². The first-order chi connectivity index (χ1) is 28.7. The lowest BCUT2D eigenvalue weighted by Gasteiger charge is -2.19. The van der Waals surface area contributed by atoms with Crippen LogP contribution in [0.25, 0.3) is 131 Å². The van der Waals surface area contributed by atoms with E-state index in [1.54, 1.807) is 0 Å². The minimum Gasteiger partial charge on any atom is -0.456 e. The average molecular weight is 737 g/mol. The minimum absolute atomic E-state index is 0.867. The summed E-state index contributed by atoms with van der Waals surface area (Å²) < 4.78 is 13.0. The van der Waals surface area contributed by atoms with Crippen molar-refractivity contribution in [2.24, 2.45) is 0 Å². The van der Waals surface area contributed by atoms with Gasteiger partial charge < -0.3 is 8.83 Å². The van der Waals surface area contributed by atoms with E-state index in [1.165, 1.54) is 76.3 Å². The molecule has 0 saturated heterocycles. The summed E-state index contributed by atoms with van der Waals surface area (Å²) in [6.07, 6.45) is 0. The van der Waals surface area contributed by atoms with Gasteiger partial charge in [0.05, 0.1) is 0 Å². The number of hydrogen-bond acceptors (Lipinski definition) is 2. The fourth-order valence-electron chi connectivity index (χ4n) is 9.80. The predicted molar refractivity (Wildman–Crippen MR) is 245 cm³/mol. The lowest BCUT2D eigenvalue weighted by Crippen LogP contribution is -1.91. The Labute approximate surface area is 332 Å². The van der Waals surface area contributed by atoms with Gasteiger partial charge in [-0.05, 0) is 124 Å². The summed E-state index contributed by atoms with van der Waals surface area (Å²) in [4.78, 5) is 0. The Hall–Kier alpha value is -7.68. The monoisotopic (exact) mass is 736 g/mol. The molecule has 0 radical (unpaired) electrons. The largest absolute Gasteiger partial charge is 0.456 e. The highest BCUT2D eigenvalue weighted by Gasteiger charge is 2.20. The van der Waals surface area contributed by atoms with E-state index in [2.05, 4.69) is 182 Å². The molecule has 0 amide bonds. The van der Waals surface area contributed by atoms with Gasteiger partial charge in [-0.1, -0.05) is 152 Å². The third-order valence-electron chi connectivity index (χ3n) is 12.4. The highest BCUT2D eigenvalue weighted by molar-refractivity contribution is 6.29. The molecule has 0 N–H and O–H groups in total. The first-order valence-corrected chi connectivity index (χ1v) is 19.9. The first kappa shape index (κ1) is 31.5. The maximum absolute atomic E-state index is 6.54. The second kappa shape index (κ2) is 11.9. The standard InChI is InChI=1S/C56H32O2/c1-3-13-40-33(10-1)12-9-19-42(40)53-45-17-7-5-15-43(45)52(44-16-6-8-18-46(44)53)39-23-22-35-30-36(20-21-37(35)31-39)38-25-27-49-48(32-38)55-50(57-49)28-29-51-54(55)47-26-24-34-11-2-4-14-41(34)56(47)58-51/h1-32H. The van der Waals surface area contributed by atoms with E-state index in [-0.39, 0.29) is 0 Å². The summed E-state index contributed by atoms with van der Waals surface area (Å²) >= 11 is 0. The smallest absolute Gasteiger partial charge is 0.143 e. The van der Waals surface area contributed by atoms with Gasteiger partial charge in [0.2, 0.25) is 0 Å². The Balaban J connectivity index is 0.962. The van der Waals surface area contributed by atoms with Gasteiger partial charge in [-0.25, -0.2) is 0 Å². The fourth-order valence-corrected chi connectivity index (χ4v) is 9.80. The normalized spacial score (nSPS) is 12.1. The zero-order valence-electron chi connectivity index (χ0n) is 31.3. The van der Waals surface area contributed by atoms with Gasteiger partial charge in [-0.15, -0.1) is 0 Å². The van der Waals surface area contributed by atoms with Crippen molar-refractivity contribution in [3.63, 3.8) is 0 Å². The van der Waals surface area contributed by atoms with Crippen molar-refractivity contribution in [3.05, 3.63) is 194 Å². The number of furan rings is 2. The number of benzene rings is 11. The summed E-state index contributed by atoms with van der Waals surface area (Å²) in [5.41, 5.74) is 10.9. The average Bonchev–Trinajstić information content (AvgIpc) is 3.86. The number of hydrogen-bond donors (Lipinski definition) is 0. The second-order valence-corrected chi connectivity index (χ2v) is 15.5. The molecule has 13 aromatic rings. The van der Waals surface area contributed by atoms with Gasteiger partial charge in [0.1, 0.15) is 22.3 Å². The van der Waals surface area contributed by atoms with E-state index in [1.807, 2.05) is 12.1 Å². The summed E-state index contributed by atoms with van der Waals surface area (Å²) in [6, 6.07) is 70.4. The van der Waals surface area contributed by atoms with Gasteiger partial charge in [0.15, 0.2) is 0 Å². The fraction of sp³-hybridized carbons (Fsp3) is 0. The van der Waals surface area contributed by atoms with Crippen LogP contribution in [0.3, 0.4) is 0 Å². The molecule has 2 nitrogen and oxygen atoms in total. The summed E-state index contributed by atoms with van der Waals surface area (Å²) in [6.45, 7) is 0. The number of rotatable bonds is 3. The molecule has 268 valence electrons. The van der Waals surface area contributed by atoms with Crippen LogP contribution in [0.5, 0.6) is 0 Å². The zero-order valence-corrected chi connectivity index (χ0v) is 31.3. The molecule has 0 aliphatic heterocycles. The maximum atomic E-state index is 6.54. The van der Waals surface area contributed by atoms with Crippen LogP contribution in [0.2, 0.25) is 0 Å². The Morgan fingerprint density at radius 1 is 0.259 bits per heavy atom. The van der Waals surface area contributed by atoms with Gasteiger partial charge in [-0.2, -0.15) is 0 Å². The minimum atomic E-state index is 0.867. The lowest BCUT2D eigenvalue weighted by atomic mass is 9.84. The molecule has 2 heterocycles. The van der Waals surface area contributed by atoms with E-state index < -0.39 is 0 Å². The molecule has 0 saturated carbocycles. The highest BCUT2D eigenvalue weighted by atomic mass is 16.3. The molecular formula is C56H32O2. The van der Waals surface area contributed by atoms with Crippen LogP contribution in [0.4, 0.5) is 0 Å². The predicted octanol–water partition coefficient (Wildman–Crippen LogP) is 16.3. The SMILES string of the molecule is c1ccc2c(-c3c4ccccc4c(-c4ccc5cc(-c6ccc7oc8ccc9oc%10c%11ccccc%11ccc%10c9c8c7c6)ccc5c4)c4ccccc34)cccc2c1. The molecule has 11 aromatic carbocycles. The van der Waals surface area contributed by atoms with Crippen LogP contribution in [0.1, 0.15) is 0 Å². The zero-order chi connectivity index (χ0) is 37.9. The molecule has 13 rings (SSSR count). The molecule has 58 heavy (non-hydrogen) atoms. The molecule has 0 spiro atoms. The van der Waals surface area contributed by atoms with Crippen molar-refractivity contribution in [3.8, 4) is 33.4 Å². The highest BCUT2D eigenvalue weighted by Crippen LogP contribution is 2.46. The molecule has 2 aromatic heterocycles. The van der Waals surface area contributed by atoms with E-state index in [9.17, 15) is 0 Å². The van der Waals surface area contributed by atoms with Gasteiger partial charge in [0.25, 0.3) is 0 Å². The summed E-state index contributed by atoms with van der Waals surface area (Å²) in [5.74, 6) is 0. The molecule has 0 fully saturated rings. The first-order valence-electron chi connectivity index (χ1n) is 19.9. The van der Waals surface area contributed by atoms with Crippen LogP contribution >= 0.6 is 0 Å². The topological polar surface area (TPSA) is 26.3 Å². The molecule has 2 heteroatoms. The van der Waals surface area contributed by atoms with Crippen molar-refractivity contribution < 1.29 is 8.83 Å². The van der Waals surface area contributed by atoms with Gasteiger partial charge in [0, 0.05) is 26.9 Å². The molecule has 0 atom stereocenters. The van der Waals surface area contributed by atoms with E-state index in [0.29, 0.717) is 0 Å². The van der Waals surface area contributed by atoms with Gasteiger partial charge in [-0.3, -0.25) is 0 Å². The Morgan fingerprint density at radius 3 is 1.50 bits per heavy atom. The van der Waals surface area contributed by atoms with Crippen LogP contribution in [-0.4, -0.2) is 0 Å². The van der Waals surface area contributed by atoms with E-state index in [4.69, 9.17) is 8.83 Å². The van der Waals surface area contributed by atoms with Crippen LogP contribution < -0.4 is 0 Å². The third-order valence-corrected chi connectivity index (χ3v) is 12.4. The number of fused-ring (bicyclic) bond motifs is 13. The third kappa shape index (κ3) is 4.48. The Morgan fingerprint density at radius 2 is 0.759 bits per heavy atom. The molecule has 0 bridgehead atoms. The maximum Gasteiger partial charge on any atom is 0.143 e. The second-order valence-electron chi connectivity index (χ2n) is 15.5. The molecule has 0 unspecified atom stereocenters. The summed E-state index contributed by atoms with van der Waals surface area (Å²) in [5, 5.41) is 16.7. The van der Waals surface area contributed by atoms with Gasteiger partial charge >= 0.3 is 0 Å². The van der Waals surface area contributed by atoms with Crippen molar-refractivity contribution in [2.45, 2.75) is 0 Å². The quantitative estimate of drug-likeness (QED) is 0.169. The molecule has 0 aliphatic carbocycles. The van der Waals surface area contributed by atoms with Crippen molar-refractivity contribution in [1.29, 1.82) is 0 Å². The van der Waals surface area contributed by atoms with Crippen molar-refractivity contribution >= 4 is 97.7 Å². The van der Waals surface area contributed by atoms with Crippen molar-refractivity contribution in [2.75, 3.05) is 0 Å².